The van der Waals surface area contributed by atoms with E-state index in [2.05, 4.69) is 35.8 Å². The summed E-state index contributed by atoms with van der Waals surface area (Å²) in [4.78, 5) is 12.9. The van der Waals surface area contributed by atoms with Crippen LogP contribution in [0.4, 0.5) is 19.0 Å². The van der Waals surface area contributed by atoms with Gasteiger partial charge < -0.3 is 10.5 Å². The van der Waals surface area contributed by atoms with Gasteiger partial charge in [0, 0.05) is 5.56 Å². The molecule has 3 N–H and O–H groups in total. The molecule has 0 bridgehead atoms. The summed E-state index contributed by atoms with van der Waals surface area (Å²) < 4.78 is 50.1. The average molecular weight is 500 g/mol. The molecule has 14 heteroatoms. The van der Waals surface area contributed by atoms with Crippen molar-refractivity contribution in [3.05, 3.63) is 65.4 Å². The van der Waals surface area contributed by atoms with E-state index in [1.807, 2.05) is 6.92 Å². The van der Waals surface area contributed by atoms with E-state index >= 15 is 0 Å². The second-order valence-corrected chi connectivity index (χ2v) is 7.37. The fraction of sp³-hybridized carbons (Fsp3) is 0.182. The second kappa shape index (κ2) is 10.2. The average Bonchev–Trinajstić information content (AvgIpc) is 3.48. The maximum atomic E-state index is 12.9. The lowest BCUT2D eigenvalue weighted by Gasteiger charge is -2.08. The number of nitrogen functional groups attached to an aromatic ring is 1. The topological polar surface area (TPSA) is 146 Å². The van der Waals surface area contributed by atoms with Gasteiger partial charge in [0.25, 0.3) is 5.91 Å². The molecule has 0 spiro atoms. The first kappa shape index (κ1) is 24.4. The molecular weight excluding hydrogens is 481 g/mol. The first-order valence-corrected chi connectivity index (χ1v) is 10.6. The summed E-state index contributed by atoms with van der Waals surface area (Å²) in [6, 6.07) is 11.3. The Balaban J connectivity index is 1.63. The molecule has 36 heavy (non-hydrogen) atoms. The van der Waals surface area contributed by atoms with Crippen LogP contribution in [-0.4, -0.2) is 44.0 Å². The van der Waals surface area contributed by atoms with Gasteiger partial charge in [0.15, 0.2) is 5.69 Å². The van der Waals surface area contributed by atoms with E-state index in [-0.39, 0.29) is 28.6 Å². The minimum atomic E-state index is -4.50. The number of carbonyl (C=O) groups is 1. The Labute approximate surface area is 201 Å². The number of nitrogens with one attached hydrogen (secondary N) is 1. The van der Waals surface area contributed by atoms with Crippen molar-refractivity contribution in [2.45, 2.75) is 19.5 Å². The standard InChI is InChI=1S/C22H19F3N8O3/c1-2-10-35-16-8-6-14(7-9-16)18-17(28-32-33(18)20-19(26)30-36-31-20)21(34)29-27-12-13-4-3-5-15(11-13)22(23,24)25/h3-9,11-12H,2,10H2,1H3,(H2,26,30)(H,29,34)/b27-12+. The summed E-state index contributed by atoms with van der Waals surface area (Å²) in [5, 5.41) is 18.8. The summed E-state index contributed by atoms with van der Waals surface area (Å²) in [5.74, 6) is -0.228. The Morgan fingerprint density at radius 1 is 1.22 bits per heavy atom. The number of nitrogens with two attached hydrogens (primary N) is 1. The van der Waals surface area contributed by atoms with Crippen LogP contribution >= 0.6 is 0 Å². The van der Waals surface area contributed by atoms with Crippen LogP contribution in [0.2, 0.25) is 0 Å². The highest BCUT2D eigenvalue weighted by Crippen LogP contribution is 2.30. The Morgan fingerprint density at radius 3 is 2.67 bits per heavy atom. The summed E-state index contributed by atoms with van der Waals surface area (Å²) in [5.41, 5.74) is 7.90. The van der Waals surface area contributed by atoms with Crippen LogP contribution in [0.1, 0.15) is 35.0 Å². The molecule has 4 rings (SSSR count). The summed E-state index contributed by atoms with van der Waals surface area (Å²) in [7, 11) is 0. The predicted molar refractivity (Wildman–Crippen MR) is 121 cm³/mol. The molecule has 2 heterocycles. The van der Waals surface area contributed by atoms with E-state index in [0.717, 1.165) is 24.8 Å². The molecule has 11 nitrogen and oxygen atoms in total. The van der Waals surface area contributed by atoms with Crippen LogP contribution < -0.4 is 15.9 Å². The molecule has 0 fully saturated rings. The number of aromatic nitrogens is 5. The van der Waals surface area contributed by atoms with Gasteiger partial charge in [0.05, 0.1) is 18.4 Å². The fourth-order valence-corrected chi connectivity index (χ4v) is 3.12. The zero-order valence-corrected chi connectivity index (χ0v) is 18.7. The molecule has 0 unspecified atom stereocenters. The second-order valence-electron chi connectivity index (χ2n) is 7.37. The van der Waals surface area contributed by atoms with Crippen molar-refractivity contribution in [1.82, 2.24) is 30.7 Å². The zero-order valence-electron chi connectivity index (χ0n) is 18.7. The molecule has 2 aromatic carbocycles. The minimum Gasteiger partial charge on any atom is -0.494 e. The van der Waals surface area contributed by atoms with Crippen LogP contribution in [0, 0.1) is 0 Å². The maximum absolute atomic E-state index is 12.9. The monoisotopic (exact) mass is 500 g/mol. The number of hydrazone groups is 1. The number of ether oxygens (including phenoxy) is 1. The lowest BCUT2D eigenvalue weighted by atomic mass is 10.1. The molecule has 0 aliphatic rings. The smallest absolute Gasteiger partial charge is 0.416 e. The number of benzene rings is 2. The normalized spacial score (nSPS) is 11.7. The van der Waals surface area contributed by atoms with Gasteiger partial charge in [0.2, 0.25) is 11.6 Å². The Kier molecular flexibility index (Phi) is 6.94. The Morgan fingerprint density at radius 2 is 2.00 bits per heavy atom. The van der Waals surface area contributed by atoms with Crippen LogP contribution in [0.3, 0.4) is 0 Å². The zero-order chi connectivity index (χ0) is 25.7. The molecule has 0 radical (unpaired) electrons. The number of nitrogens with zero attached hydrogens (tertiary/aromatic N) is 6. The SMILES string of the molecule is CCCOc1ccc(-c2c(C(=O)N/N=C/c3cccc(C(F)(F)F)c3)nnn2-c2nonc2N)cc1. The van der Waals surface area contributed by atoms with Gasteiger partial charge in [-0.05, 0) is 58.7 Å². The van der Waals surface area contributed by atoms with E-state index in [1.54, 1.807) is 24.3 Å². The number of carbonyl (C=O) groups excluding carboxylic acids is 1. The minimum absolute atomic E-state index is 0.00956. The van der Waals surface area contributed by atoms with Crippen molar-refractivity contribution >= 4 is 17.9 Å². The van der Waals surface area contributed by atoms with E-state index in [9.17, 15) is 18.0 Å². The molecular formula is C22H19F3N8O3. The van der Waals surface area contributed by atoms with E-state index in [4.69, 9.17) is 10.5 Å². The van der Waals surface area contributed by atoms with E-state index in [0.29, 0.717) is 17.9 Å². The lowest BCUT2D eigenvalue weighted by molar-refractivity contribution is -0.137. The van der Waals surface area contributed by atoms with Gasteiger partial charge in [-0.2, -0.15) is 23.0 Å². The summed E-state index contributed by atoms with van der Waals surface area (Å²) >= 11 is 0. The number of hydrogen-bond donors (Lipinski definition) is 2. The first-order chi connectivity index (χ1) is 17.3. The van der Waals surface area contributed by atoms with Crippen molar-refractivity contribution < 1.29 is 27.3 Å². The number of halogens is 3. The van der Waals surface area contributed by atoms with Gasteiger partial charge >= 0.3 is 6.18 Å². The van der Waals surface area contributed by atoms with Gasteiger partial charge in [0.1, 0.15) is 11.4 Å². The molecule has 0 saturated heterocycles. The van der Waals surface area contributed by atoms with Crippen molar-refractivity contribution in [2.24, 2.45) is 5.10 Å². The highest BCUT2D eigenvalue weighted by molar-refractivity contribution is 5.98. The third-order valence-electron chi connectivity index (χ3n) is 4.78. The van der Waals surface area contributed by atoms with Crippen molar-refractivity contribution in [3.63, 3.8) is 0 Å². The van der Waals surface area contributed by atoms with Crippen molar-refractivity contribution in [3.8, 4) is 22.8 Å². The third kappa shape index (κ3) is 5.32. The van der Waals surface area contributed by atoms with E-state index < -0.39 is 17.6 Å². The fourth-order valence-electron chi connectivity index (χ4n) is 3.12. The number of anilines is 1. The third-order valence-corrected chi connectivity index (χ3v) is 4.78. The highest BCUT2D eigenvalue weighted by Gasteiger charge is 2.30. The Bertz CT molecular complexity index is 1380. The molecule has 0 atom stereocenters. The molecule has 1 amide bonds. The number of rotatable bonds is 8. The van der Waals surface area contributed by atoms with Gasteiger partial charge in [-0.25, -0.2) is 10.1 Å². The van der Waals surface area contributed by atoms with Gasteiger partial charge in [-0.15, -0.1) is 5.10 Å². The number of hydrogen-bond acceptors (Lipinski definition) is 9. The Hall–Kier alpha value is -4.75. The predicted octanol–water partition coefficient (Wildman–Crippen LogP) is 3.47. The van der Waals surface area contributed by atoms with Gasteiger partial charge in [-0.3, -0.25) is 4.79 Å². The van der Waals surface area contributed by atoms with Crippen LogP contribution in [0.25, 0.3) is 17.1 Å². The van der Waals surface area contributed by atoms with E-state index in [1.165, 1.54) is 16.8 Å². The molecule has 4 aromatic rings. The quantitative estimate of drug-likeness (QED) is 0.276. The molecule has 0 aliphatic heterocycles. The molecule has 186 valence electrons. The van der Waals surface area contributed by atoms with Crippen LogP contribution in [0.15, 0.2) is 58.3 Å². The lowest BCUT2D eigenvalue weighted by Crippen LogP contribution is -2.19. The molecule has 0 saturated carbocycles. The summed E-state index contributed by atoms with van der Waals surface area (Å²) in [6.07, 6.45) is -2.59. The van der Waals surface area contributed by atoms with Crippen molar-refractivity contribution in [2.75, 3.05) is 12.3 Å². The molecule has 2 aromatic heterocycles. The van der Waals surface area contributed by atoms with Gasteiger partial charge in [-0.1, -0.05) is 24.3 Å². The first-order valence-electron chi connectivity index (χ1n) is 10.6. The largest absolute Gasteiger partial charge is 0.494 e. The van der Waals surface area contributed by atoms with Crippen molar-refractivity contribution in [1.29, 1.82) is 0 Å². The van der Waals surface area contributed by atoms with Crippen LogP contribution in [-0.2, 0) is 6.18 Å². The summed E-state index contributed by atoms with van der Waals surface area (Å²) in [6.45, 7) is 2.52. The van der Waals surface area contributed by atoms with Crippen LogP contribution in [0.5, 0.6) is 5.75 Å². The number of alkyl halides is 3. The number of amides is 1. The highest BCUT2D eigenvalue weighted by atomic mass is 19.4. The molecule has 0 aliphatic carbocycles. The maximum Gasteiger partial charge on any atom is 0.416 e.